The SMILES string of the molecule is Cc1cc(C)c(NC(=O)COC(=O)C2CCN(C(=O)c3ccco3)CC2)c(Cl)c1. The fourth-order valence-corrected chi connectivity index (χ4v) is 3.75. The van der Waals surface area contributed by atoms with E-state index in [9.17, 15) is 14.4 Å². The predicted octanol–water partition coefficient (Wildman–Crippen LogP) is 3.58. The van der Waals surface area contributed by atoms with Crippen molar-refractivity contribution in [2.24, 2.45) is 5.92 Å². The van der Waals surface area contributed by atoms with Gasteiger partial charge in [0, 0.05) is 13.1 Å². The van der Waals surface area contributed by atoms with Gasteiger partial charge in [-0.2, -0.15) is 0 Å². The van der Waals surface area contributed by atoms with Crippen LogP contribution in [0.5, 0.6) is 0 Å². The summed E-state index contributed by atoms with van der Waals surface area (Å²) in [4.78, 5) is 38.3. The van der Waals surface area contributed by atoms with Gasteiger partial charge < -0.3 is 19.4 Å². The average Bonchev–Trinajstić information content (AvgIpc) is 3.23. The highest BCUT2D eigenvalue weighted by Crippen LogP contribution is 2.27. The zero-order valence-electron chi connectivity index (χ0n) is 16.4. The van der Waals surface area contributed by atoms with E-state index >= 15 is 0 Å². The first-order chi connectivity index (χ1) is 13.8. The van der Waals surface area contributed by atoms with Gasteiger partial charge in [-0.1, -0.05) is 17.7 Å². The van der Waals surface area contributed by atoms with Crippen LogP contribution in [0.25, 0.3) is 0 Å². The molecule has 154 valence electrons. The largest absolute Gasteiger partial charge is 0.459 e. The Morgan fingerprint density at radius 3 is 2.59 bits per heavy atom. The first-order valence-electron chi connectivity index (χ1n) is 9.41. The van der Waals surface area contributed by atoms with E-state index in [-0.39, 0.29) is 24.2 Å². The third kappa shape index (κ3) is 5.17. The van der Waals surface area contributed by atoms with Gasteiger partial charge in [0.15, 0.2) is 12.4 Å². The van der Waals surface area contributed by atoms with Crippen LogP contribution in [-0.2, 0) is 14.3 Å². The first kappa shape index (κ1) is 20.9. The van der Waals surface area contributed by atoms with E-state index in [0.717, 1.165) is 11.1 Å². The molecule has 2 heterocycles. The van der Waals surface area contributed by atoms with Gasteiger partial charge in [0.25, 0.3) is 11.8 Å². The molecule has 0 atom stereocenters. The lowest BCUT2D eigenvalue weighted by molar-refractivity contribution is -0.152. The molecule has 0 unspecified atom stereocenters. The van der Waals surface area contributed by atoms with Gasteiger partial charge >= 0.3 is 5.97 Å². The van der Waals surface area contributed by atoms with Crippen molar-refractivity contribution in [3.63, 3.8) is 0 Å². The Morgan fingerprint density at radius 2 is 1.97 bits per heavy atom. The Kier molecular flexibility index (Phi) is 6.59. The zero-order chi connectivity index (χ0) is 21.0. The summed E-state index contributed by atoms with van der Waals surface area (Å²) < 4.78 is 10.3. The summed E-state index contributed by atoms with van der Waals surface area (Å²) in [6.07, 6.45) is 2.42. The van der Waals surface area contributed by atoms with Crippen molar-refractivity contribution in [1.82, 2.24) is 4.90 Å². The molecule has 2 aromatic rings. The molecule has 1 aliphatic heterocycles. The van der Waals surface area contributed by atoms with E-state index < -0.39 is 11.9 Å². The summed E-state index contributed by atoms with van der Waals surface area (Å²) >= 11 is 6.18. The van der Waals surface area contributed by atoms with Gasteiger partial charge in [-0.3, -0.25) is 14.4 Å². The number of furan rings is 1. The highest BCUT2D eigenvalue weighted by Gasteiger charge is 2.30. The standard InChI is InChI=1S/C21H23ClN2O5/c1-13-10-14(2)19(16(22)11-13)23-18(25)12-29-21(27)15-5-7-24(8-6-15)20(26)17-4-3-9-28-17/h3-4,9-11,15H,5-8,12H2,1-2H3,(H,23,25). The zero-order valence-corrected chi connectivity index (χ0v) is 17.1. The summed E-state index contributed by atoms with van der Waals surface area (Å²) in [5.41, 5.74) is 2.35. The molecular weight excluding hydrogens is 396 g/mol. The van der Waals surface area contributed by atoms with Gasteiger partial charge in [-0.05, 0) is 56.0 Å². The highest BCUT2D eigenvalue weighted by atomic mass is 35.5. The van der Waals surface area contributed by atoms with Crippen LogP contribution in [0.2, 0.25) is 5.02 Å². The van der Waals surface area contributed by atoms with Crippen LogP contribution in [0.15, 0.2) is 34.9 Å². The molecule has 0 aliphatic carbocycles. The van der Waals surface area contributed by atoms with E-state index in [4.69, 9.17) is 20.8 Å². The lowest BCUT2D eigenvalue weighted by Crippen LogP contribution is -2.40. The van der Waals surface area contributed by atoms with Crippen molar-refractivity contribution >= 4 is 35.1 Å². The molecule has 1 N–H and O–H groups in total. The van der Waals surface area contributed by atoms with Gasteiger partial charge in [0.2, 0.25) is 0 Å². The van der Waals surface area contributed by atoms with Gasteiger partial charge in [-0.25, -0.2) is 0 Å². The fraction of sp³-hybridized carbons (Fsp3) is 0.381. The number of halogens is 1. The van der Waals surface area contributed by atoms with E-state index in [0.29, 0.717) is 36.6 Å². The number of piperidine rings is 1. The van der Waals surface area contributed by atoms with E-state index in [1.807, 2.05) is 19.9 Å². The maximum atomic E-state index is 12.3. The number of nitrogens with one attached hydrogen (secondary N) is 1. The number of aryl methyl sites for hydroxylation is 2. The topological polar surface area (TPSA) is 88.9 Å². The minimum absolute atomic E-state index is 0.188. The molecule has 2 amide bonds. The number of esters is 1. The van der Waals surface area contributed by atoms with Gasteiger partial charge in [0.05, 0.1) is 22.9 Å². The lowest BCUT2D eigenvalue weighted by Gasteiger charge is -2.30. The van der Waals surface area contributed by atoms with Crippen LogP contribution in [-0.4, -0.2) is 42.4 Å². The van der Waals surface area contributed by atoms with Crippen molar-refractivity contribution in [2.75, 3.05) is 25.0 Å². The second kappa shape index (κ2) is 9.13. The molecule has 1 aliphatic rings. The quantitative estimate of drug-likeness (QED) is 0.749. The number of ether oxygens (including phenoxy) is 1. The Labute approximate surface area is 174 Å². The number of carbonyl (C=O) groups is 3. The number of amides is 2. The summed E-state index contributed by atoms with van der Waals surface area (Å²) in [5.74, 6) is -1.12. The molecule has 1 saturated heterocycles. The van der Waals surface area contributed by atoms with Gasteiger partial charge in [-0.15, -0.1) is 0 Å². The molecule has 0 saturated carbocycles. The Bertz CT molecular complexity index is 879. The molecule has 1 aromatic heterocycles. The van der Waals surface area contributed by atoms with Crippen LogP contribution >= 0.6 is 11.6 Å². The summed E-state index contributed by atoms with van der Waals surface area (Å²) in [7, 11) is 0. The number of nitrogens with zero attached hydrogens (tertiary/aromatic N) is 1. The van der Waals surface area contributed by atoms with Crippen LogP contribution in [0.1, 0.15) is 34.5 Å². The number of carbonyl (C=O) groups excluding carboxylic acids is 3. The monoisotopic (exact) mass is 418 g/mol. The maximum Gasteiger partial charge on any atom is 0.309 e. The Hall–Kier alpha value is -2.80. The molecule has 29 heavy (non-hydrogen) atoms. The molecule has 0 spiro atoms. The number of anilines is 1. The third-order valence-electron chi connectivity index (χ3n) is 4.89. The number of likely N-dealkylation sites (tertiary alicyclic amines) is 1. The van der Waals surface area contributed by atoms with Crippen LogP contribution in [0.4, 0.5) is 5.69 Å². The second-order valence-corrected chi connectivity index (χ2v) is 7.55. The third-order valence-corrected chi connectivity index (χ3v) is 5.19. The maximum absolute atomic E-state index is 12.3. The van der Waals surface area contributed by atoms with E-state index in [1.54, 1.807) is 23.1 Å². The number of rotatable bonds is 5. The van der Waals surface area contributed by atoms with Crippen molar-refractivity contribution in [1.29, 1.82) is 0 Å². The van der Waals surface area contributed by atoms with E-state index in [2.05, 4.69) is 5.32 Å². The molecule has 0 bridgehead atoms. The van der Waals surface area contributed by atoms with Crippen molar-refractivity contribution in [2.45, 2.75) is 26.7 Å². The minimum Gasteiger partial charge on any atom is -0.459 e. The van der Waals surface area contributed by atoms with E-state index in [1.165, 1.54) is 6.26 Å². The van der Waals surface area contributed by atoms with Crippen molar-refractivity contribution in [3.05, 3.63) is 52.4 Å². The first-order valence-corrected chi connectivity index (χ1v) is 9.79. The average molecular weight is 419 g/mol. The molecule has 3 rings (SSSR count). The Balaban J connectivity index is 1.45. The van der Waals surface area contributed by atoms with Crippen molar-refractivity contribution < 1.29 is 23.5 Å². The van der Waals surface area contributed by atoms with Crippen molar-refractivity contribution in [3.8, 4) is 0 Å². The molecule has 0 radical (unpaired) electrons. The van der Waals surface area contributed by atoms with Gasteiger partial charge in [0.1, 0.15) is 0 Å². The van der Waals surface area contributed by atoms with Crippen LogP contribution < -0.4 is 5.32 Å². The lowest BCUT2D eigenvalue weighted by atomic mass is 9.97. The van der Waals surface area contributed by atoms with Crippen LogP contribution in [0, 0.1) is 19.8 Å². The number of benzene rings is 1. The summed E-state index contributed by atoms with van der Waals surface area (Å²) in [5, 5.41) is 3.13. The number of hydrogen-bond acceptors (Lipinski definition) is 5. The molecule has 8 heteroatoms. The molecule has 7 nitrogen and oxygen atoms in total. The highest BCUT2D eigenvalue weighted by molar-refractivity contribution is 6.34. The normalized spacial score (nSPS) is 14.5. The fourth-order valence-electron chi connectivity index (χ4n) is 3.38. The Morgan fingerprint density at radius 1 is 1.24 bits per heavy atom. The summed E-state index contributed by atoms with van der Waals surface area (Å²) in [6.45, 7) is 4.25. The summed E-state index contributed by atoms with van der Waals surface area (Å²) in [6, 6.07) is 6.94. The molecular formula is C21H23ClN2O5. The van der Waals surface area contributed by atoms with Crippen LogP contribution in [0.3, 0.4) is 0 Å². The smallest absolute Gasteiger partial charge is 0.309 e. The second-order valence-electron chi connectivity index (χ2n) is 7.14. The predicted molar refractivity (Wildman–Crippen MR) is 108 cm³/mol. The number of hydrogen-bond donors (Lipinski definition) is 1. The minimum atomic E-state index is -0.447. The molecule has 1 aromatic carbocycles. The molecule has 1 fully saturated rings.